The molecule has 0 aromatic heterocycles. The molecule has 1 radical (unpaired) electrons. The molecule has 47 valence electrons. The van der Waals surface area contributed by atoms with Gasteiger partial charge in [-0.3, -0.25) is 0 Å². The molecule has 0 atom stereocenters. The van der Waals surface area contributed by atoms with Crippen molar-refractivity contribution in [1.82, 2.24) is 0 Å². The molecule has 2 heteroatoms. The average Bonchev–Trinajstić information content (AvgIpc) is 1.77. The van der Waals surface area contributed by atoms with Crippen LogP contribution in [0.1, 0.15) is 13.8 Å². The fraction of sp³-hybridized carbons (Fsp3) is 0.833. The largest absolute Gasteiger partial charge is 0.147 e. The molecule has 1 aliphatic rings. The van der Waals surface area contributed by atoms with E-state index < -0.39 is 0 Å². The first-order valence-electron chi connectivity index (χ1n) is 2.83. The second-order valence-electron chi connectivity index (χ2n) is 2.15. The van der Waals surface area contributed by atoms with Crippen LogP contribution in [0.15, 0.2) is 0 Å². The van der Waals surface area contributed by atoms with Gasteiger partial charge in [-0.2, -0.15) is 0 Å². The van der Waals surface area contributed by atoms with Gasteiger partial charge in [-0.15, -0.1) is 23.5 Å². The van der Waals surface area contributed by atoms with Crippen LogP contribution >= 0.6 is 23.5 Å². The number of hydrogen-bond acceptors (Lipinski definition) is 2. The maximum Gasteiger partial charge on any atom is 0.0474 e. The molecule has 1 saturated heterocycles. The van der Waals surface area contributed by atoms with Crippen LogP contribution in [0.5, 0.6) is 0 Å². The van der Waals surface area contributed by atoms with E-state index in [-0.39, 0.29) is 0 Å². The van der Waals surface area contributed by atoms with Crippen LogP contribution in [0.3, 0.4) is 0 Å². The van der Waals surface area contributed by atoms with Gasteiger partial charge in [-0.05, 0) is 12.8 Å². The molecular formula is C6H11S2. The number of rotatable bonds is 0. The first-order chi connectivity index (χ1) is 3.79. The molecule has 0 unspecified atom stereocenters. The van der Waals surface area contributed by atoms with E-state index in [9.17, 15) is 0 Å². The molecule has 8 heavy (non-hydrogen) atoms. The summed E-state index contributed by atoms with van der Waals surface area (Å²) in [5, 5.41) is 0. The predicted octanol–water partition coefficient (Wildman–Crippen LogP) is 2.41. The van der Waals surface area contributed by atoms with Crippen molar-refractivity contribution in [2.75, 3.05) is 11.5 Å². The monoisotopic (exact) mass is 147 g/mol. The minimum absolute atomic E-state index is 0.832. The maximum absolute atomic E-state index is 2.28. The molecular weight excluding hydrogens is 136 g/mol. The van der Waals surface area contributed by atoms with Gasteiger partial charge in [0, 0.05) is 16.1 Å². The van der Waals surface area contributed by atoms with Gasteiger partial charge in [-0.25, -0.2) is 0 Å². The Bertz CT molecular complexity index is 54.9. The molecule has 1 aliphatic heterocycles. The van der Waals surface area contributed by atoms with Crippen LogP contribution in [-0.4, -0.2) is 16.1 Å². The van der Waals surface area contributed by atoms with E-state index in [4.69, 9.17) is 0 Å². The van der Waals surface area contributed by atoms with Gasteiger partial charge in [0.1, 0.15) is 0 Å². The molecule has 0 N–H and O–H groups in total. The molecule has 0 aliphatic carbocycles. The SMILES string of the molecule is C[C]1CSC(C)SC1. The molecule has 0 nitrogen and oxygen atoms in total. The Balaban J connectivity index is 2.19. The van der Waals surface area contributed by atoms with Crippen LogP contribution in [0.4, 0.5) is 0 Å². The van der Waals surface area contributed by atoms with E-state index in [1.54, 1.807) is 5.92 Å². The van der Waals surface area contributed by atoms with Crippen molar-refractivity contribution in [2.24, 2.45) is 0 Å². The Morgan fingerprint density at radius 3 is 2.25 bits per heavy atom. The van der Waals surface area contributed by atoms with Crippen LogP contribution in [0.2, 0.25) is 0 Å². The van der Waals surface area contributed by atoms with E-state index in [1.165, 1.54) is 11.5 Å². The zero-order valence-corrected chi connectivity index (χ0v) is 6.94. The highest BCUT2D eigenvalue weighted by Gasteiger charge is 2.14. The normalized spacial score (nSPS) is 26.2. The molecule has 0 amide bonds. The van der Waals surface area contributed by atoms with Crippen LogP contribution < -0.4 is 0 Å². The smallest absolute Gasteiger partial charge is 0.0474 e. The lowest BCUT2D eigenvalue weighted by Gasteiger charge is -2.21. The summed E-state index contributed by atoms with van der Waals surface area (Å²) in [5.74, 6) is 4.21. The third-order valence-electron chi connectivity index (χ3n) is 1.13. The molecule has 1 fully saturated rings. The second kappa shape index (κ2) is 3.02. The van der Waals surface area contributed by atoms with Gasteiger partial charge in [-0.1, -0.05) is 6.92 Å². The molecule has 1 rings (SSSR count). The lowest BCUT2D eigenvalue weighted by atomic mass is 10.3. The highest BCUT2D eigenvalue weighted by Crippen LogP contribution is 2.33. The van der Waals surface area contributed by atoms with Gasteiger partial charge >= 0.3 is 0 Å². The van der Waals surface area contributed by atoms with E-state index in [0.717, 1.165) is 4.58 Å². The maximum atomic E-state index is 2.28. The van der Waals surface area contributed by atoms with Gasteiger partial charge in [0.05, 0.1) is 0 Å². The zero-order valence-electron chi connectivity index (χ0n) is 5.31. The van der Waals surface area contributed by atoms with Crippen molar-refractivity contribution >= 4 is 23.5 Å². The highest BCUT2D eigenvalue weighted by molar-refractivity contribution is 8.17. The zero-order chi connectivity index (χ0) is 5.98. The summed E-state index contributed by atoms with van der Waals surface area (Å²) in [4.78, 5) is 0. The van der Waals surface area contributed by atoms with Crippen molar-refractivity contribution in [1.29, 1.82) is 0 Å². The Kier molecular flexibility index (Phi) is 2.57. The minimum Gasteiger partial charge on any atom is -0.147 e. The minimum atomic E-state index is 0.832. The summed E-state index contributed by atoms with van der Waals surface area (Å²) in [6.07, 6.45) is 0. The Morgan fingerprint density at radius 2 is 1.88 bits per heavy atom. The first-order valence-corrected chi connectivity index (χ1v) is 4.93. The number of hydrogen-bond donors (Lipinski definition) is 0. The van der Waals surface area contributed by atoms with Crippen LogP contribution in [0.25, 0.3) is 0 Å². The second-order valence-corrected chi connectivity index (χ2v) is 5.10. The van der Waals surface area contributed by atoms with Crippen LogP contribution in [-0.2, 0) is 0 Å². The van der Waals surface area contributed by atoms with Gasteiger partial charge in [0.15, 0.2) is 0 Å². The van der Waals surface area contributed by atoms with Crippen LogP contribution in [0, 0.1) is 5.92 Å². The van der Waals surface area contributed by atoms with E-state index in [0.29, 0.717) is 0 Å². The van der Waals surface area contributed by atoms with E-state index in [1.807, 2.05) is 0 Å². The van der Waals surface area contributed by atoms with Gasteiger partial charge in [0.2, 0.25) is 0 Å². The van der Waals surface area contributed by atoms with Crippen molar-refractivity contribution in [3.63, 3.8) is 0 Å². The van der Waals surface area contributed by atoms with E-state index in [2.05, 4.69) is 37.4 Å². The first kappa shape index (κ1) is 6.81. The fourth-order valence-corrected chi connectivity index (χ4v) is 2.77. The lowest BCUT2D eigenvalue weighted by Crippen LogP contribution is -2.09. The molecule has 0 bridgehead atoms. The molecule has 0 aromatic rings. The summed E-state index contributed by atoms with van der Waals surface area (Å²) < 4.78 is 0.832. The topological polar surface area (TPSA) is 0 Å². The van der Waals surface area contributed by atoms with Crippen molar-refractivity contribution in [3.05, 3.63) is 5.92 Å². The Labute approximate surface area is 59.8 Å². The quantitative estimate of drug-likeness (QED) is 0.516. The standard InChI is InChI=1S/C6H11S2/c1-5-3-7-6(2)8-4-5/h6H,3-4H2,1-2H3. The predicted molar refractivity (Wildman–Crippen MR) is 43.3 cm³/mol. The van der Waals surface area contributed by atoms with Crippen molar-refractivity contribution < 1.29 is 0 Å². The Morgan fingerprint density at radius 1 is 1.38 bits per heavy atom. The van der Waals surface area contributed by atoms with E-state index >= 15 is 0 Å². The lowest BCUT2D eigenvalue weighted by molar-refractivity contribution is 1.11. The molecule has 0 saturated carbocycles. The molecule has 0 spiro atoms. The summed E-state index contributed by atoms with van der Waals surface area (Å²) >= 11 is 4.10. The number of thioether (sulfide) groups is 2. The fourth-order valence-electron chi connectivity index (χ4n) is 0.609. The summed E-state index contributed by atoms with van der Waals surface area (Å²) in [6, 6.07) is 0. The average molecular weight is 147 g/mol. The van der Waals surface area contributed by atoms with Gasteiger partial charge < -0.3 is 0 Å². The summed E-state index contributed by atoms with van der Waals surface area (Å²) in [5.41, 5.74) is 0. The Hall–Kier alpha value is 0.700. The highest BCUT2D eigenvalue weighted by atomic mass is 32.2. The van der Waals surface area contributed by atoms with Gasteiger partial charge in [0.25, 0.3) is 0 Å². The van der Waals surface area contributed by atoms with Crippen molar-refractivity contribution in [2.45, 2.75) is 18.4 Å². The third kappa shape index (κ3) is 1.90. The third-order valence-corrected chi connectivity index (χ3v) is 4.20. The summed E-state index contributed by atoms with van der Waals surface area (Å²) in [7, 11) is 0. The summed E-state index contributed by atoms with van der Waals surface area (Å²) in [6.45, 7) is 4.52. The molecule has 0 aromatic carbocycles. The molecule has 1 heterocycles. The van der Waals surface area contributed by atoms with Crippen molar-refractivity contribution in [3.8, 4) is 0 Å².